The second-order valence-corrected chi connectivity index (χ2v) is 8.72. The van der Waals surface area contributed by atoms with Crippen molar-refractivity contribution in [2.45, 2.75) is 45.4 Å². The van der Waals surface area contributed by atoms with Crippen LogP contribution in [0, 0.1) is 17.8 Å². The fraction of sp³-hybridized carbons (Fsp3) is 0.609. The number of rotatable bonds is 6. The number of aliphatic hydroxyl groups excluding tert-OH is 1. The topological polar surface area (TPSA) is 112 Å². The van der Waals surface area contributed by atoms with Crippen molar-refractivity contribution < 1.29 is 29.3 Å². The van der Waals surface area contributed by atoms with Gasteiger partial charge in [0.2, 0.25) is 11.8 Å². The molecule has 0 aromatic carbocycles. The van der Waals surface area contributed by atoms with Gasteiger partial charge in [0.1, 0.15) is 23.9 Å². The van der Waals surface area contributed by atoms with E-state index in [9.17, 15) is 19.8 Å². The van der Waals surface area contributed by atoms with E-state index in [4.69, 9.17) is 9.47 Å². The minimum atomic E-state index is -1.19. The first kappa shape index (κ1) is 25.6. The predicted octanol–water partition coefficient (Wildman–Crippen LogP) is 0.529. The van der Waals surface area contributed by atoms with Crippen molar-refractivity contribution in [1.82, 2.24) is 14.8 Å². The van der Waals surface area contributed by atoms with Gasteiger partial charge in [-0.15, -0.1) is 0 Å². The SMILES string of the molecule is COCC(=O)N(C)C[C@H]1Oc2ncc(C#CC(C)(C)O)cc2C(=O)N([C@H](C)CO)C[C@@H]1C. The predicted molar refractivity (Wildman–Crippen MR) is 118 cm³/mol. The Morgan fingerprint density at radius 1 is 1.50 bits per heavy atom. The molecule has 32 heavy (non-hydrogen) atoms. The van der Waals surface area contributed by atoms with Crippen LogP contribution in [0.4, 0.5) is 0 Å². The number of carbonyl (C=O) groups is 2. The number of likely N-dealkylation sites (N-methyl/N-ethyl adjacent to an activating group) is 1. The maximum atomic E-state index is 13.3. The summed E-state index contributed by atoms with van der Waals surface area (Å²) in [6.07, 6.45) is 1.04. The number of hydrogen-bond acceptors (Lipinski definition) is 7. The van der Waals surface area contributed by atoms with Crippen molar-refractivity contribution in [2.24, 2.45) is 5.92 Å². The number of methoxy groups -OCH3 is 1. The zero-order chi connectivity index (χ0) is 24.1. The molecule has 0 saturated heterocycles. The summed E-state index contributed by atoms with van der Waals surface area (Å²) in [5.74, 6) is 5.02. The van der Waals surface area contributed by atoms with Crippen molar-refractivity contribution in [3.05, 3.63) is 23.4 Å². The third kappa shape index (κ3) is 6.66. The molecule has 3 atom stereocenters. The van der Waals surface area contributed by atoms with Gasteiger partial charge in [0.15, 0.2) is 0 Å². The van der Waals surface area contributed by atoms with Crippen LogP contribution in [0.25, 0.3) is 0 Å². The quantitative estimate of drug-likeness (QED) is 0.612. The molecule has 0 aliphatic carbocycles. The highest BCUT2D eigenvalue weighted by atomic mass is 16.5. The molecule has 2 N–H and O–H groups in total. The molecule has 2 heterocycles. The standard InChI is InChI=1S/C23H33N3O6/c1-15-11-26(16(2)13-27)22(29)18-9-17(7-8-23(3,4)30)10-24-21(18)32-19(15)12-25(5)20(28)14-31-6/h9-10,15-16,19,27,30H,11-14H2,1-6H3/t15-,16+,19+/m0/s1. The number of nitrogens with zero attached hydrogens (tertiary/aromatic N) is 3. The van der Waals surface area contributed by atoms with E-state index in [1.54, 1.807) is 38.8 Å². The van der Waals surface area contributed by atoms with E-state index >= 15 is 0 Å². The first-order valence-corrected chi connectivity index (χ1v) is 10.5. The number of carbonyl (C=O) groups excluding carboxylic acids is 2. The highest BCUT2D eigenvalue weighted by Crippen LogP contribution is 2.27. The van der Waals surface area contributed by atoms with Crippen LogP contribution in [0.5, 0.6) is 5.88 Å². The Hall–Kier alpha value is -2.67. The third-order valence-corrected chi connectivity index (χ3v) is 5.18. The van der Waals surface area contributed by atoms with Gasteiger partial charge in [0.05, 0.1) is 19.2 Å². The minimum Gasteiger partial charge on any atom is -0.472 e. The fourth-order valence-corrected chi connectivity index (χ4v) is 3.22. The van der Waals surface area contributed by atoms with Crippen molar-refractivity contribution >= 4 is 11.8 Å². The normalized spacial score (nSPS) is 19.6. The summed E-state index contributed by atoms with van der Waals surface area (Å²) in [6, 6.07) is 1.16. The van der Waals surface area contributed by atoms with Crippen LogP contribution in [0.2, 0.25) is 0 Å². The number of hydrogen-bond donors (Lipinski definition) is 2. The third-order valence-electron chi connectivity index (χ3n) is 5.18. The molecule has 1 aliphatic heterocycles. The monoisotopic (exact) mass is 447 g/mol. The number of aliphatic hydroxyl groups is 2. The molecule has 0 radical (unpaired) electrons. The molecular formula is C23H33N3O6. The van der Waals surface area contributed by atoms with E-state index in [2.05, 4.69) is 16.8 Å². The van der Waals surface area contributed by atoms with Crippen molar-refractivity contribution in [1.29, 1.82) is 0 Å². The van der Waals surface area contributed by atoms with Crippen molar-refractivity contribution in [2.75, 3.05) is 40.5 Å². The first-order chi connectivity index (χ1) is 15.0. The molecule has 0 bridgehead atoms. The molecule has 0 fully saturated rings. The molecular weight excluding hydrogens is 414 g/mol. The van der Waals surface area contributed by atoms with Gasteiger partial charge >= 0.3 is 0 Å². The number of ether oxygens (including phenoxy) is 2. The zero-order valence-electron chi connectivity index (χ0n) is 19.6. The lowest BCUT2D eigenvalue weighted by atomic mass is 10.00. The van der Waals surface area contributed by atoms with Crippen LogP contribution >= 0.6 is 0 Å². The van der Waals surface area contributed by atoms with Gasteiger partial charge in [0.25, 0.3) is 5.91 Å². The fourth-order valence-electron chi connectivity index (χ4n) is 3.22. The van der Waals surface area contributed by atoms with E-state index in [1.807, 2.05) is 6.92 Å². The van der Waals surface area contributed by atoms with E-state index in [1.165, 1.54) is 18.2 Å². The van der Waals surface area contributed by atoms with Crippen LogP contribution in [-0.4, -0.2) is 95.0 Å². The zero-order valence-corrected chi connectivity index (χ0v) is 19.6. The first-order valence-electron chi connectivity index (χ1n) is 10.5. The van der Waals surface area contributed by atoms with Gasteiger partial charge in [-0.2, -0.15) is 0 Å². The van der Waals surface area contributed by atoms with Crippen LogP contribution in [-0.2, 0) is 9.53 Å². The molecule has 0 unspecified atom stereocenters. The second kappa shape index (κ2) is 10.8. The van der Waals surface area contributed by atoms with Crippen LogP contribution in [0.15, 0.2) is 12.3 Å². The molecule has 176 valence electrons. The van der Waals surface area contributed by atoms with Gasteiger partial charge in [-0.3, -0.25) is 9.59 Å². The largest absolute Gasteiger partial charge is 0.472 e. The van der Waals surface area contributed by atoms with Crippen molar-refractivity contribution in [3.63, 3.8) is 0 Å². The summed E-state index contributed by atoms with van der Waals surface area (Å²) in [5, 5.41) is 19.6. The molecule has 0 saturated carbocycles. The lowest BCUT2D eigenvalue weighted by Crippen LogP contribution is -2.50. The Morgan fingerprint density at radius 3 is 2.78 bits per heavy atom. The Labute approximate surface area is 189 Å². The number of pyridine rings is 1. The Morgan fingerprint density at radius 2 is 2.19 bits per heavy atom. The summed E-state index contributed by atoms with van der Waals surface area (Å²) in [7, 11) is 3.12. The number of aromatic nitrogens is 1. The average Bonchev–Trinajstić information content (AvgIpc) is 2.73. The minimum absolute atomic E-state index is 0.0399. The average molecular weight is 448 g/mol. The lowest BCUT2D eigenvalue weighted by Gasteiger charge is -2.37. The molecule has 0 spiro atoms. The Kier molecular flexibility index (Phi) is 8.61. The molecule has 1 aromatic heterocycles. The number of amides is 2. The molecule has 9 heteroatoms. The molecule has 1 aliphatic rings. The van der Waals surface area contributed by atoms with E-state index in [0.717, 1.165) is 0 Å². The van der Waals surface area contributed by atoms with Gasteiger partial charge in [-0.05, 0) is 26.8 Å². The molecule has 9 nitrogen and oxygen atoms in total. The highest BCUT2D eigenvalue weighted by molar-refractivity contribution is 5.97. The van der Waals surface area contributed by atoms with Gasteiger partial charge in [-0.1, -0.05) is 18.8 Å². The summed E-state index contributed by atoms with van der Waals surface area (Å²) >= 11 is 0. The molecule has 2 amide bonds. The maximum Gasteiger partial charge on any atom is 0.259 e. The summed E-state index contributed by atoms with van der Waals surface area (Å²) in [5.41, 5.74) is -0.519. The summed E-state index contributed by atoms with van der Waals surface area (Å²) < 4.78 is 11.1. The molecule has 2 rings (SSSR count). The smallest absolute Gasteiger partial charge is 0.259 e. The van der Waals surface area contributed by atoms with E-state index < -0.39 is 17.7 Å². The van der Waals surface area contributed by atoms with E-state index in [0.29, 0.717) is 12.1 Å². The lowest BCUT2D eigenvalue weighted by molar-refractivity contribution is -0.135. The summed E-state index contributed by atoms with van der Waals surface area (Å²) in [6.45, 7) is 7.19. The van der Waals surface area contributed by atoms with Gasteiger partial charge in [-0.25, -0.2) is 4.98 Å². The maximum absolute atomic E-state index is 13.3. The Bertz CT molecular complexity index is 886. The number of fused-ring (bicyclic) bond motifs is 1. The highest BCUT2D eigenvalue weighted by Gasteiger charge is 2.34. The van der Waals surface area contributed by atoms with Gasteiger partial charge < -0.3 is 29.5 Å². The van der Waals surface area contributed by atoms with Crippen LogP contribution in [0.3, 0.4) is 0 Å². The molecule has 1 aromatic rings. The summed E-state index contributed by atoms with van der Waals surface area (Å²) in [4.78, 5) is 32.9. The van der Waals surface area contributed by atoms with Gasteiger partial charge in [0, 0.05) is 38.4 Å². The van der Waals surface area contributed by atoms with Crippen molar-refractivity contribution in [3.8, 4) is 17.7 Å². The Balaban J connectivity index is 2.46. The van der Waals surface area contributed by atoms with Crippen LogP contribution in [0.1, 0.15) is 43.6 Å². The van der Waals surface area contributed by atoms with E-state index in [-0.39, 0.29) is 48.9 Å². The van der Waals surface area contributed by atoms with Crippen LogP contribution < -0.4 is 4.74 Å². The second-order valence-electron chi connectivity index (χ2n) is 8.72.